The minimum Gasteiger partial charge on any atom is -0.441 e. The summed E-state index contributed by atoms with van der Waals surface area (Å²) < 4.78 is 5.59. The fourth-order valence-electron chi connectivity index (χ4n) is 3.38. The van der Waals surface area contributed by atoms with E-state index in [-0.39, 0.29) is 17.6 Å². The van der Waals surface area contributed by atoms with Gasteiger partial charge in [-0.05, 0) is 31.5 Å². The third-order valence-corrected chi connectivity index (χ3v) is 4.69. The maximum Gasteiger partial charge on any atom is 0.410 e. The molecular formula is C17H24N4O3. The van der Waals surface area contributed by atoms with Crippen molar-refractivity contribution in [2.24, 2.45) is 0 Å². The van der Waals surface area contributed by atoms with Crippen LogP contribution in [0.1, 0.15) is 25.0 Å². The third-order valence-electron chi connectivity index (χ3n) is 4.69. The molecule has 1 spiro atoms. The lowest BCUT2D eigenvalue weighted by Gasteiger charge is -2.25. The van der Waals surface area contributed by atoms with Crippen LogP contribution in [-0.4, -0.2) is 65.6 Å². The number of carbonyl (C=O) groups excluding carboxylic acids is 2. The highest BCUT2D eigenvalue weighted by molar-refractivity contribution is 5.78. The van der Waals surface area contributed by atoms with E-state index in [4.69, 9.17) is 4.74 Å². The van der Waals surface area contributed by atoms with Crippen LogP contribution < -0.4 is 5.32 Å². The molecule has 3 rings (SSSR count). The molecule has 0 saturated carbocycles. The number of pyridine rings is 1. The molecular weight excluding hydrogens is 308 g/mol. The van der Waals surface area contributed by atoms with Crippen molar-refractivity contribution in [3.63, 3.8) is 0 Å². The molecule has 2 saturated heterocycles. The molecule has 2 aliphatic heterocycles. The van der Waals surface area contributed by atoms with E-state index in [9.17, 15) is 9.59 Å². The normalized spacial score (nSPS) is 24.7. The Morgan fingerprint density at radius 3 is 2.96 bits per heavy atom. The Kier molecular flexibility index (Phi) is 4.99. The number of nitrogens with zero attached hydrogens (tertiary/aromatic N) is 3. The number of carbonyl (C=O) groups is 2. The van der Waals surface area contributed by atoms with Crippen molar-refractivity contribution in [3.05, 3.63) is 30.1 Å². The molecule has 0 aromatic carbocycles. The van der Waals surface area contributed by atoms with Crippen molar-refractivity contribution >= 4 is 12.0 Å². The van der Waals surface area contributed by atoms with Gasteiger partial charge in [-0.25, -0.2) is 4.79 Å². The number of rotatable bonds is 4. The largest absolute Gasteiger partial charge is 0.441 e. The molecule has 2 aliphatic rings. The summed E-state index contributed by atoms with van der Waals surface area (Å²) in [4.78, 5) is 31.8. The van der Waals surface area contributed by atoms with Gasteiger partial charge in [-0.1, -0.05) is 6.07 Å². The molecule has 130 valence electrons. The maximum absolute atomic E-state index is 12.1. The Labute approximate surface area is 142 Å². The first-order valence-electron chi connectivity index (χ1n) is 8.39. The number of aromatic nitrogens is 1. The van der Waals surface area contributed by atoms with Gasteiger partial charge >= 0.3 is 6.09 Å². The number of ether oxygens (including phenoxy) is 1. The van der Waals surface area contributed by atoms with Crippen molar-refractivity contribution in [3.8, 4) is 0 Å². The van der Waals surface area contributed by atoms with Crippen LogP contribution in [0.4, 0.5) is 4.79 Å². The molecule has 2 fully saturated rings. The number of hydrogen-bond donors (Lipinski definition) is 1. The minimum absolute atomic E-state index is 0.00265. The first-order valence-corrected chi connectivity index (χ1v) is 8.39. The lowest BCUT2D eigenvalue weighted by Crippen LogP contribution is -2.39. The molecule has 1 atom stereocenters. The Bertz CT molecular complexity index is 595. The Balaban J connectivity index is 1.46. The lowest BCUT2D eigenvalue weighted by atomic mass is 9.95. The Morgan fingerprint density at radius 1 is 1.38 bits per heavy atom. The second-order valence-corrected chi connectivity index (χ2v) is 6.63. The summed E-state index contributed by atoms with van der Waals surface area (Å²) >= 11 is 0. The second-order valence-electron chi connectivity index (χ2n) is 6.63. The molecule has 7 heteroatoms. The predicted octanol–water partition coefficient (Wildman–Crippen LogP) is 1.00. The fourth-order valence-corrected chi connectivity index (χ4v) is 3.38. The fraction of sp³-hybridized carbons (Fsp3) is 0.588. The van der Waals surface area contributed by atoms with E-state index >= 15 is 0 Å². The van der Waals surface area contributed by atoms with Gasteiger partial charge in [-0.2, -0.15) is 0 Å². The monoisotopic (exact) mass is 332 g/mol. The Morgan fingerprint density at radius 2 is 2.25 bits per heavy atom. The molecule has 2 amide bonds. The van der Waals surface area contributed by atoms with Gasteiger partial charge in [0.25, 0.3) is 0 Å². The molecule has 24 heavy (non-hydrogen) atoms. The van der Waals surface area contributed by atoms with Gasteiger partial charge < -0.3 is 15.0 Å². The van der Waals surface area contributed by atoms with Gasteiger partial charge in [0.05, 0.1) is 25.3 Å². The molecule has 0 bridgehead atoms. The van der Waals surface area contributed by atoms with Crippen LogP contribution in [0.5, 0.6) is 0 Å². The number of likely N-dealkylation sites (tertiary alicyclic amines) is 1. The summed E-state index contributed by atoms with van der Waals surface area (Å²) in [6, 6.07) is 5.65. The van der Waals surface area contributed by atoms with Crippen molar-refractivity contribution in [1.82, 2.24) is 20.1 Å². The van der Waals surface area contributed by atoms with Gasteiger partial charge in [0.1, 0.15) is 5.60 Å². The van der Waals surface area contributed by atoms with Crippen LogP contribution in [0, 0.1) is 0 Å². The summed E-state index contributed by atoms with van der Waals surface area (Å²) in [5.74, 6) is -0.00265. The van der Waals surface area contributed by atoms with Crippen LogP contribution >= 0.6 is 0 Å². The smallest absolute Gasteiger partial charge is 0.410 e. The van der Waals surface area contributed by atoms with E-state index in [0.717, 1.165) is 38.0 Å². The summed E-state index contributed by atoms with van der Waals surface area (Å²) in [7, 11) is 1.77. The van der Waals surface area contributed by atoms with Gasteiger partial charge in [0.15, 0.2) is 0 Å². The topological polar surface area (TPSA) is 74.8 Å². The first kappa shape index (κ1) is 16.7. The summed E-state index contributed by atoms with van der Waals surface area (Å²) in [5.41, 5.74) is 0.479. The predicted molar refractivity (Wildman–Crippen MR) is 88.2 cm³/mol. The number of likely N-dealkylation sites (N-methyl/N-ethyl adjacent to an activating group) is 1. The van der Waals surface area contributed by atoms with E-state index in [1.54, 1.807) is 18.1 Å². The summed E-state index contributed by atoms with van der Waals surface area (Å²) in [6.07, 6.45) is 4.03. The van der Waals surface area contributed by atoms with Crippen molar-refractivity contribution in [2.45, 2.75) is 31.4 Å². The van der Waals surface area contributed by atoms with Crippen molar-refractivity contribution in [1.29, 1.82) is 0 Å². The molecule has 1 N–H and O–H groups in total. The first-order chi connectivity index (χ1) is 11.6. The maximum atomic E-state index is 12.1. The molecule has 0 aliphatic carbocycles. The zero-order valence-electron chi connectivity index (χ0n) is 14.0. The van der Waals surface area contributed by atoms with E-state index in [1.165, 1.54) is 0 Å². The third kappa shape index (κ3) is 4.03. The molecule has 3 heterocycles. The molecule has 0 radical (unpaired) electrons. The van der Waals surface area contributed by atoms with Crippen LogP contribution in [0.15, 0.2) is 24.4 Å². The number of amides is 2. The highest BCUT2D eigenvalue weighted by atomic mass is 16.6. The van der Waals surface area contributed by atoms with E-state index in [2.05, 4.69) is 15.2 Å². The van der Waals surface area contributed by atoms with E-state index in [0.29, 0.717) is 19.6 Å². The van der Waals surface area contributed by atoms with E-state index in [1.807, 2.05) is 18.2 Å². The number of hydrogen-bond acceptors (Lipinski definition) is 5. The quantitative estimate of drug-likeness (QED) is 0.890. The summed E-state index contributed by atoms with van der Waals surface area (Å²) in [6.45, 7) is 3.07. The highest BCUT2D eigenvalue weighted by Gasteiger charge is 2.44. The van der Waals surface area contributed by atoms with Gasteiger partial charge in [0, 0.05) is 26.2 Å². The number of nitrogens with one attached hydrogen (secondary N) is 1. The molecule has 1 aromatic heterocycles. The minimum atomic E-state index is -0.370. The zero-order valence-corrected chi connectivity index (χ0v) is 14.0. The van der Waals surface area contributed by atoms with Crippen LogP contribution in [-0.2, 0) is 16.1 Å². The second kappa shape index (κ2) is 7.17. The summed E-state index contributed by atoms with van der Waals surface area (Å²) in [5, 5.41) is 2.91. The lowest BCUT2D eigenvalue weighted by molar-refractivity contribution is -0.122. The van der Waals surface area contributed by atoms with Crippen molar-refractivity contribution in [2.75, 3.05) is 33.2 Å². The SMILES string of the molecule is CN1C[C@@]2(CCCN(CC(=O)NCc3ccccn3)CC2)OC1=O. The van der Waals surface area contributed by atoms with Gasteiger partial charge in [-0.15, -0.1) is 0 Å². The highest BCUT2D eigenvalue weighted by Crippen LogP contribution is 2.32. The van der Waals surface area contributed by atoms with E-state index < -0.39 is 0 Å². The average Bonchev–Trinajstić information content (AvgIpc) is 2.73. The van der Waals surface area contributed by atoms with Crippen LogP contribution in [0.25, 0.3) is 0 Å². The van der Waals surface area contributed by atoms with Gasteiger partial charge in [0.2, 0.25) is 5.91 Å². The standard InChI is InChI=1S/C17H24N4O3/c1-20-13-17(24-16(20)23)6-4-9-21(10-7-17)12-15(22)19-11-14-5-2-3-8-18-14/h2-3,5,8H,4,6-7,9-13H2,1H3,(H,19,22)/t17-/m0/s1. The molecule has 1 aromatic rings. The van der Waals surface area contributed by atoms with Gasteiger partial charge in [-0.3, -0.25) is 14.7 Å². The Hall–Kier alpha value is -2.15. The zero-order chi connectivity index (χ0) is 17.0. The van der Waals surface area contributed by atoms with Crippen molar-refractivity contribution < 1.29 is 14.3 Å². The van der Waals surface area contributed by atoms with Crippen LogP contribution in [0.3, 0.4) is 0 Å². The molecule has 7 nitrogen and oxygen atoms in total. The average molecular weight is 332 g/mol. The van der Waals surface area contributed by atoms with Crippen LogP contribution in [0.2, 0.25) is 0 Å². The molecule has 0 unspecified atom stereocenters.